The van der Waals surface area contributed by atoms with Gasteiger partial charge in [0.25, 0.3) is 0 Å². The number of fused-ring (bicyclic) bond motifs is 1. The molecule has 3 N–H and O–H groups in total. The van der Waals surface area contributed by atoms with Crippen LogP contribution in [0.1, 0.15) is 48.2 Å². The highest BCUT2D eigenvalue weighted by Crippen LogP contribution is 2.39. The quantitative estimate of drug-likeness (QED) is 0.750. The van der Waals surface area contributed by atoms with Gasteiger partial charge in [-0.05, 0) is 51.4 Å². The molecule has 1 aromatic heterocycles. The van der Waals surface area contributed by atoms with E-state index in [1.165, 1.54) is 23.4 Å². The Morgan fingerprint density at radius 3 is 2.86 bits per heavy atom. The molecule has 1 unspecified atom stereocenters. The first-order valence-corrected chi connectivity index (χ1v) is 9.07. The van der Waals surface area contributed by atoms with E-state index in [1.807, 2.05) is 6.92 Å². The fourth-order valence-electron chi connectivity index (χ4n) is 3.09. The maximum atomic E-state index is 12.0. The van der Waals surface area contributed by atoms with Crippen molar-refractivity contribution < 1.29 is 9.90 Å². The molecule has 1 aromatic rings. The molecule has 3 rings (SSSR count). The van der Waals surface area contributed by atoms with Gasteiger partial charge in [-0.15, -0.1) is 11.3 Å². The minimum absolute atomic E-state index is 0.00964. The number of carbonyl (C=O) groups excluding carboxylic acids is 1. The van der Waals surface area contributed by atoms with Crippen LogP contribution in [0.4, 0.5) is 4.79 Å². The Kier molecular flexibility index (Phi) is 4.68. The molecule has 0 aromatic carbocycles. The number of aromatic nitrogens is 1. The van der Waals surface area contributed by atoms with Gasteiger partial charge in [-0.25, -0.2) is 9.78 Å². The van der Waals surface area contributed by atoms with E-state index >= 15 is 0 Å². The van der Waals surface area contributed by atoms with Crippen molar-refractivity contribution in [3.8, 4) is 0 Å². The predicted molar refractivity (Wildman–Crippen MR) is 87.2 cm³/mol. The number of hydrogen-bond donors (Lipinski definition) is 3. The SMILES string of the molecule is CC(CO)(NC(=O)NCCc1nc2c(s1)CCCC2)C1CC1. The highest BCUT2D eigenvalue weighted by atomic mass is 32.1. The van der Waals surface area contributed by atoms with E-state index in [-0.39, 0.29) is 12.6 Å². The highest BCUT2D eigenvalue weighted by molar-refractivity contribution is 7.11. The van der Waals surface area contributed by atoms with Crippen molar-refractivity contribution in [2.24, 2.45) is 5.92 Å². The molecule has 6 heteroatoms. The summed E-state index contributed by atoms with van der Waals surface area (Å²) in [6, 6.07) is -0.190. The molecule has 1 fully saturated rings. The van der Waals surface area contributed by atoms with Crippen molar-refractivity contribution >= 4 is 17.4 Å². The van der Waals surface area contributed by atoms with Gasteiger partial charge < -0.3 is 15.7 Å². The monoisotopic (exact) mass is 323 g/mol. The number of thiazole rings is 1. The number of carbonyl (C=O) groups is 1. The minimum Gasteiger partial charge on any atom is -0.394 e. The molecule has 0 saturated heterocycles. The molecule has 2 amide bonds. The van der Waals surface area contributed by atoms with Gasteiger partial charge in [0.05, 0.1) is 22.8 Å². The van der Waals surface area contributed by atoms with Gasteiger partial charge in [0.1, 0.15) is 0 Å². The predicted octanol–water partition coefficient (Wildman–Crippen LogP) is 2.02. The van der Waals surface area contributed by atoms with Gasteiger partial charge in [0.15, 0.2) is 0 Å². The largest absolute Gasteiger partial charge is 0.394 e. The van der Waals surface area contributed by atoms with Gasteiger partial charge in [-0.2, -0.15) is 0 Å². The van der Waals surface area contributed by atoms with Crippen LogP contribution in [0.5, 0.6) is 0 Å². The van der Waals surface area contributed by atoms with Crippen LogP contribution in [-0.4, -0.2) is 34.8 Å². The summed E-state index contributed by atoms with van der Waals surface area (Å²) >= 11 is 1.80. The molecule has 1 heterocycles. The molecular formula is C16H25N3O2S. The normalized spacial score (nSPS) is 20.1. The number of aliphatic hydroxyl groups is 1. The summed E-state index contributed by atoms with van der Waals surface area (Å²) in [7, 11) is 0. The standard InChI is InChI=1S/C16H25N3O2S/c1-16(10-20,11-6-7-11)19-15(21)17-9-8-14-18-12-4-2-3-5-13(12)22-14/h11,20H,2-10H2,1H3,(H2,17,19,21). The minimum atomic E-state index is -0.482. The Morgan fingerprint density at radius 2 is 2.18 bits per heavy atom. The number of nitrogens with zero attached hydrogens (tertiary/aromatic N) is 1. The molecule has 0 spiro atoms. The van der Waals surface area contributed by atoms with Crippen molar-refractivity contribution in [3.63, 3.8) is 0 Å². The Labute approximate surface area is 135 Å². The Morgan fingerprint density at radius 1 is 1.41 bits per heavy atom. The number of rotatable bonds is 6. The fraction of sp³-hybridized carbons (Fsp3) is 0.750. The molecule has 0 bridgehead atoms. The molecule has 0 aliphatic heterocycles. The van der Waals surface area contributed by atoms with Crippen molar-refractivity contribution in [2.45, 2.75) is 57.4 Å². The first-order valence-electron chi connectivity index (χ1n) is 8.25. The van der Waals surface area contributed by atoms with Crippen LogP contribution in [0.3, 0.4) is 0 Å². The molecule has 1 atom stereocenters. The van der Waals surface area contributed by atoms with Crippen molar-refractivity contribution in [1.82, 2.24) is 15.6 Å². The summed E-state index contributed by atoms with van der Waals surface area (Å²) in [5.74, 6) is 0.411. The van der Waals surface area contributed by atoms with Gasteiger partial charge in [-0.3, -0.25) is 0 Å². The van der Waals surface area contributed by atoms with Crippen LogP contribution in [0.15, 0.2) is 0 Å². The number of nitrogens with one attached hydrogen (secondary N) is 2. The zero-order valence-electron chi connectivity index (χ0n) is 13.2. The number of aryl methyl sites for hydroxylation is 2. The lowest BCUT2D eigenvalue weighted by Gasteiger charge is -2.28. The lowest BCUT2D eigenvalue weighted by Crippen LogP contribution is -2.54. The lowest BCUT2D eigenvalue weighted by molar-refractivity contribution is 0.155. The number of hydrogen-bond acceptors (Lipinski definition) is 4. The molecule has 2 aliphatic rings. The topological polar surface area (TPSA) is 74.2 Å². The van der Waals surface area contributed by atoms with Crippen LogP contribution in [0, 0.1) is 5.92 Å². The molecular weight excluding hydrogens is 298 g/mol. The summed E-state index contributed by atoms with van der Waals surface area (Å²) < 4.78 is 0. The van der Waals surface area contributed by atoms with E-state index in [9.17, 15) is 9.90 Å². The van der Waals surface area contributed by atoms with Crippen molar-refractivity contribution in [2.75, 3.05) is 13.2 Å². The van der Waals surface area contributed by atoms with Crippen LogP contribution in [0.2, 0.25) is 0 Å². The number of urea groups is 1. The van der Waals surface area contributed by atoms with Gasteiger partial charge in [0.2, 0.25) is 0 Å². The maximum absolute atomic E-state index is 12.0. The van der Waals surface area contributed by atoms with Crippen LogP contribution < -0.4 is 10.6 Å². The molecule has 122 valence electrons. The summed E-state index contributed by atoms with van der Waals surface area (Å²) in [6.45, 7) is 2.49. The van der Waals surface area contributed by atoms with E-state index in [1.54, 1.807) is 11.3 Å². The van der Waals surface area contributed by atoms with Crippen LogP contribution >= 0.6 is 11.3 Å². The molecule has 5 nitrogen and oxygen atoms in total. The number of aliphatic hydroxyl groups excluding tert-OH is 1. The third-order valence-corrected chi connectivity index (χ3v) is 5.94. The van der Waals surface area contributed by atoms with Crippen LogP contribution in [-0.2, 0) is 19.3 Å². The smallest absolute Gasteiger partial charge is 0.315 e. The first kappa shape index (κ1) is 15.7. The van der Waals surface area contributed by atoms with Gasteiger partial charge in [-0.1, -0.05) is 0 Å². The van der Waals surface area contributed by atoms with Crippen LogP contribution in [0.25, 0.3) is 0 Å². The second-order valence-electron chi connectivity index (χ2n) is 6.67. The van der Waals surface area contributed by atoms with E-state index < -0.39 is 5.54 Å². The third-order valence-electron chi connectivity index (χ3n) is 4.72. The zero-order chi connectivity index (χ0) is 15.6. The fourth-order valence-corrected chi connectivity index (χ4v) is 4.25. The van der Waals surface area contributed by atoms with E-state index in [0.29, 0.717) is 12.5 Å². The van der Waals surface area contributed by atoms with E-state index in [0.717, 1.165) is 37.1 Å². The Balaban J connectivity index is 1.44. The van der Waals surface area contributed by atoms with Gasteiger partial charge >= 0.3 is 6.03 Å². The Bertz CT molecular complexity index is 518. The second-order valence-corrected chi connectivity index (χ2v) is 7.83. The summed E-state index contributed by atoms with van der Waals surface area (Å²) in [5.41, 5.74) is 0.793. The first-order chi connectivity index (χ1) is 10.6. The van der Waals surface area contributed by atoms with E-state index in [2.05, 4.69) is 15.6 Å². The Hall–Kier alpha value is -1.14. The number of amides is 2. The summed E-state index contributed by atoms with van der Waals surface area (Å²) in [4.78, 5) is 18.1. The lowest BCUT2D eigenvalue weighted by atomic mass is 9.97. The maximum Gasteiger partial charge on any atom is 0.315 e. The highest BCUT2D eigenvalue weighted by Gasteiger charge is 2.42. The summed E-state index contributed by atoms with van der Waals surface area (Å²) in [5, 5.41) is 16.4. The third kappa shape index (κ3) is 3.60. The molecule has 1 saturated carbocycles. The van der Waals surface area contributed by atoms with Gasteiger partial charge in [0, 0.05) is 17.8 Å². The average molecular weight is 323 g/mol. The van der Waals surface area contributed by atoms with Crippen molar-refractivity contribution in [3.05, 3.63) is 15.6 Å². The second kappa shape index (κ2) is 6.54. The summed E-state index contributed by atoms with van der Waals surface area (Å²) in [6.07, 6.45) is 7.75. The average Bonchev–Trinajstić information content (AvgIpc) is 3.28. The molecule has 0 radical (unpaired) electrons. The molecule has 22 heavy (non-hydrogen) atoms. The van der Waals surface area contributed by atoms with E-state index in [4.69, 9.17) is 0 Å². The zero-order valence-corrected chi connectivity index (χ0v) is 14.0. The van der Waals surface area contributed by atoms with Crippen molar-refractivity contribution in [1.29, 1.82) is 0 Å². The molecule has 2 aliphatic carbocycles.